The lowest BCUT2D eigenvalue weighted by Gasteiger charge is -2.10. The second kappa shape index (κ2) is 5.45. The first kappa shape index (κ1) is 14.9. The quantitative estimate of drug-likeness (QED) is 0.901. The molecule has 0 aromatic heterocycles. The van der Waals surface area contributed by atoms with Crippen LogP contribution in [0.3, 0.4) is 0 Å². The Labute approximate surface area is 121 Å². The van der Waals surface area contributed by atoms with Crippen LogP contribution in [0.15, 0.2) is 45.8 Å². The topological polar surface area (TPSA) is 46.2 Å². The second-order valence-corrected chi connectivity index (χ2v) is 6.31. The highest BCUT2D eigenvalue weighted by molar-refractivity contribution is 9.10. The molecule has 20 heavy (non-hydrogen) atoms. The minimum Gasteiger partial charge on any atom is -0.278 e. The van der Waals surface area contributed by atoms with Crippen LogP contribution in [0.25, 0.3) is 0 Å². The van der Waals surface area contributed by atoms with Crippen molar-refractivity contribution in [1.29, 1.82) is 0 Å². The van der Waals surface area contributed by atoms with E-state index >= 15 is 0 Å². The van der Waals surface area contributed by atoms with E-state index in [1.807, 2.05) is 0 Å². The van der Waals surface area contributed by atoms with Crippen LogP contribution in [-0.4, -0.2) is 8.42 Å². The van der Waals surface area contributed by atoms with E-state index in [2.05, 4.69) is 20.7 Å². The van der Waals surface area contributed by atoms with Crippen molar-refractivity contribution in [2.45, 2.75) is 4.90 Å². The number of sulfonamides is 1. The molecule has 0 atom stereocenters. The second-order valence-electron chi connectivity index (χ2n) is 3.80. The van der Waals surface area contributed by atoms with Crippen LogP contribution < -0.4 is 4.72 Å². The van der Waals surface area contributed by atoms with Gasteiger partial charge in [0, 0.05) is 4.47 Å². The van der Waals surface area contributed by atoms with E-state index in [0.29, 0.717) is 12.1 Å². The summed E-state index contributed by atoms with van der Waals surface area (Å²) in [6.07, 6.45) is 0. The molecule has 0 bridgehead atoms. The third-order valence-electron chi connectivity index (χ3n) is 2.36. The summed E-state index contributed by atoms with van der Waals surface area (Å²) < 4.78 is 65.6. The van der Waals surface area contributed by atoms with Gasteiger partial charge in [0.25, 0.3) is 10.0 Å². The van der Waals surface area contributed by atoms with Crippen LogP contribution in [0.1, 0.15) is 0 Å². The lowest BCUT2D eigenvalue weighted by Crippen LogP contribution is -2.15. The minimum absolute atomic E-state index is 0.00932. The summed E-state index contributed by atoms with van der Waals surface area (Å²) in [5, 5.41) is 0. The van der Waals surface area contributed by atoms with Gasteiger partial charge in [-0.2, -0.15) is 0 Å². The zero-order valence-corrected chi connectivity index (χ0v) is 12.1. The fourth-order valence-corrected chi connectivity index (χ4v) is 3.21. The summed E-state index contributed by atoms with van der Waals surface area (Å²) >= 11 is 2.97. The molecule has 3 nitrogen and oxygen atoms in total. The van der Waals surface area contributed by atoms with Crippen LogP contribution in [0.2, 0.25) is 0 Å². The average molecular weight is 366 g/mol. The third-order valence-corrected chi connectivity index (χ3v) is 4.39. The minimum atomic E-state index is -4.32. The summed E-state index contributed by atoms with van der Waals surface area (Å²) in [4.78, 5) is -0.825. The molecule has 2 rings (SSSR count). The van der Waals surface area contributed by atoms with E-state index in [-0.39, 0.29) is 10.2 Å². The molecule has 2 aromatic rings. The third kappa shape index (κ3) is 3.13. The highest BCUT2D eigenvalue weighted by Crippen LogP contribution is 2.26. The smallest absolute Gasteiger partial charge is 0.264 e. The van der Waals surface area contributed by atoms with E-state index in [9.17, 15) is 21.6 Å². The zero-order valence-electron chi connectivity index (χ0n) is 9.70. The molecule has 0 radical (unpaired) electrons. The van der Waals surface area contributed by atoms with Gasteiger partial charge in [-0.15, -0.1) is 0 Å². The molecule has 0 saturated heterocycles. The predicted octanol–water partition coefficient (Wildman–Crippen LogP) is 3.67. The van der Waals surface area contributed by atoms with E-state index in [0.717, 1.165) is 24.3 Å². The van der Waals surface area contributed by atoms with Gasteiger partial charge in [0.1, 0.15) is 22.3 Å². The molecule has 106 valence electrons. The summed E-state index contributed by atoms with van der Waals surface area (Å²) in [7, 11) is -4.32. The zero-order chi connectivity index (χ0) is 14.9. The number of rotatable bonds is 3. The fraction of sp³-hybridized carbons (Fsp3) is 0. The summed E-state index contributed by atoms with van der Waals surface area (Å²) in [6.45, 7) is 0. The molecule has 0 spiro atoms. The molecule has 8 heteroatoms. The Morgan fingerprint density at radius 1 is 0.950 bits per heavy atom. The molecular formula is C12H7BrF3NO2S. The van der Waals surface area contributed by atoms with Gasteiger partial charge in [0.15, 0.2) is 0 Å². The Hall–Kier alpha value is -1.54. The van der Waals surface area contributed by atoms with Crippen LogP contribution >= 0.6 is 15.9 Å². The molecule has 0 unspecified atom stereocenters. The van der Waals surface area contributed by atoms with Crippen LogP contribution in [0, 0.1) is 17.5 Å². The van der Waals surface area contributed by atoms with Crippen molar-refractivity contribution in [2.75, 3.05) is 4.72 Å². The molecule has 0 aliphatic heterocycles. The molecule has 0 amide bonds. The van der Waals surface area contributed by atoms with Gasteiger partial charge in [0.05, 0.1) is 5.69 Å². The lowest BCUT2D eigenvalue weighted by molar-refractivity contribution is 0.555. The van der Waals surface area contributed by atoms with Gasteiger partial charge in [0.2, 0.25) is 0 Å². The van der Waals surface area contributed by atoms with E-state index < -0.39 is 32.4 Å². The van der Waals surface area contributed by atoms with Gasteiger partial charge < -0.3 is 0 Å². The molecule has 0 fully saturated rings. The Balaban J connectivity index is 2.43. The molecular weight excluding hydrogens is 359 g/mol. The monoisotopic (exact) mass is 365 g/mol. The average Bonchev–Trinajstić information content (AvgIpc) is 2.35. The number of benzene rings is 2. The first-order chi connectivity index (χ1) is 9.29. The van der Waals surface area contributed by atoms with Crippen molar-refractivity contribution in [3.63, 3.8) is 0 Å². The highest BCUT2D eigenvalue weighted by Gasteiger charge is 2.21. The molecule has 0 saturated carbocycles. The van der Waals surface area contributed by atoms with Crippen molar-refractivity contribution >= 4 is 31.6 Å². The first-order valence-corrected chi connectivity index (χ1v) is 7.50. The maximum Gasteiger partial charge on any atom is 0.264 e. The van der Waals surface area contributed by atoms with Crippen molar-refractivity contribution in [3.8, 4) is 0 Å². The Morgan fingerprint density at radius 2 is 1.55 bits per heavy atom. The van der Waals surface area contributed by atoms with Crippen LogP contribution in [-0.2, 0) is 10.0 Å². The molecule has 1 N–H and O–H groups in total. The predicted molar refractivity (Wildman–Crippen MR) is 71.3 cm³/mol. The Bertz CT molecular complexity index is 765. The summed E-state index contributed by atoms with van der Waals surface area (Å²) in [5.74, 6) is -2.54. The van der Waals surface area contributed by atoms with Crippen molar-refractivity contribution in [1.82, 2.24) is 0 Å². The van der Waals surface area contributed by atoms with Gasteiger partial charge in [-0.1, -0.05) is 0 Å². The van der Waals surface area contributed by atoms with Crippen LogP contribution in [0.5, 0.6) is 0 Å². The standard InChI is InChI=1S/C12H7BrF3NO2S/c13-9-5-7(14)2-4-11(9)17-20(18,19)12-6-8(15)1-3-10(12)16/h1-6,17H. The number of hydrogen-bond donors (Lipinski definition) is 1. The van der Waals surface area contributed by atoms with Crippen molar-refractivity contribution in [3.05, 3.63) is 58.3 Å². The van der Waals surface area contributed by atoms with Crippen LogP contribution in [0.4, 0.5) is 18.9 Å². The largest absolute Gasteiger partial charge is 0.278 e. The fourth-order valence-electron chi connectivity index (χ4n) is 1.46. The molecule has 2 aromatic carbocycles. The first-order valence-electron chi connectivity index (χ1n) is 5.22. The SMILES string of the molecule is O=S(=O)(Nc1ccc(F)cc1Br)c1cc(F)ccc1F. The van der Waals surface area contributed by atoms with Crippen molar-refractivity contribution in [2.24, 2.45) is 0 Å². The summed E-state index contributed by atoms with van der Waals surface area (Å²) in [6, 6.07) is 5.32. The van der Waals surface area contributed by atoms with Gasteiger partial charge in [-0.05, 0) is 52.3 Å². The number of halogens is 4. The highest BCUT2D eigenvalue weighted by atomic mass is 79.9. The van der Waals surface area contributed by atoms with Gasteiger partial charge in [-0.3, -0.25) is 4.72 Å². The van der Waals surface area contributed by atoms with E-state index in [1.165, 1.54) is 0 Å². The normalized spacial score (nSPS) is 11.4. The van der Waals surface area contributed by atoms with Gasteiger partial charge in [-0.25, -0.2) is 21.6 Å². The van der Waals surface area contributed by atoms with Gasteiger partial charge >= 0.3 is 0 Å². The van der Waals surface area contributed by atoms with E-state index in [4.69, 9.17) is 0 Å². The number of hydrogen-bond acceptors (Lipinski definition) is 2. The lowest BCUT2D eigenvalue weighted by atomic mass is 10.3. The number of nitrogens with one attached hydrogen (secondary N) is 1. The number of anilines is 1. The Kier molecular flexibility index (Phi) is 4.05. The molecule has 0 heterocycles. The summed E-state index contributed by atoms with van der Waals surface area (Å²) in [5.41, 5.74) is 0.00932. The maximum atomic E-state index is 13.5. The van der Waals surface area contributed by atoms with E-state index in [1.54, 1.807) is 0 Å². The molecule has 0 aliphatic carbocycles. The maximum absolute atomic E-state index is 13.5. The molecule has 0 aliphatic rings. The Morgan fingerprint density at radius 3 is 2.20 bits per heavy atom. The van der Waals surface area contributed by atoms with Crippen molar-refractivity contribution < 1.29 is 21.6 Å².